The molecule has 1 N–H and O–H groups in total. The number of anilines is 1. The molecule has 0 radical (unpaired) electrons. The van der Waals surface area contributed by atoms with Crippen LogP contribution in [0.4, 0.5) is 5.69 Å². The van der Waals surface area contributed by atoms with Crippen molar-refractivity contribution >= 4 is 34.0 Å². The lowest BCUT2D eigenvalue weighted by Crippen LogP contribution is -2.05. The van der Waals surface area contributed by atoms with E-state index in [0.29, 0.717) is 34.2 Å². The Balaban J connectivity index is 2.10. The Bertz CT molecular complexity index is 870. The molecule has 0 saturated carbocycles. The van der Waals surface area contributed by atoms with E-state index < -0.39 is 0 Å². The number of para-hydroxylation sites is 1. The molecule has 0 aliphatic heterocycles. The van der Waals surface area contributed by atoms with Gasteiger partial charge in [0.05, 0.1) is 17.8 Å². The number of furan rings is 1. The summed E-state index contributed by atoms with van der Waals surface area (Å²) in [6, 6.07) is 12.5. The number of ketones is 1. The van der Waals surface area contributed by atoms with Crippen molar-refractivity contribution in [1.29, 1.82) is 0 Å². The summed E-state index contributed by atoms with van der Waals surface area (Å²) >= 11 is 6.12. The minimum atomic E-state index is -0.221. The lowest BCUT2D eigenvalue weighted by atomic mass is 10.1. The second-order valence-electron chi connectivity index (χ2n) is 5.01. The van der Waals surface area contributed by atoms with Gasteiger partial charge in [-0.05, 0) is 37.3 Å². The molecule has 4 nitrogen and oxygen atoms in total. The largest absolute Gasteiger partial charge is 0.495 e. The monoisotopic (exact) mass is 329 g/mol. The number of benzene rings is 2. The molecule has 3 aromatic rings. The fourth-order valence-electron chi connectivity index (χ4n) is 2.50. The van der Waals surface area contributed by atoms with Crippen molar-refractivity contribution in [3.63, 3.8) is 0 Å². The minimum absolute atomic E-state index is 0.221. The molecular weight excluding hydrogens is 314 g/mol. The molecule has 0 amide bonds. The third kappa shape index (κ3) is 2.78. The van der Waals surface area contributed by atoms with Crippen molar-refractivity contribution in [2.24, 2.45) is 0 Å². The van der Waals surface area contributed by atoms with Crippen LogP contribution in [0.15, 0.2) is 46.9 Å². The molecule has 0 aliphatic rings. The first-order chi connectivity index (χ1) is 11.2. The van der Waals surface area contributed by atoms with Crippen LogP contribution in [0.2, 0.25) is 5.02 Å². The zero-order valence-corrected chi connectivity index (χ0v) is 13.6. The Hall–Kier alpha value is -2.46. The first-order valence-corrected chi connectivity index (χ1v) is 7.67. The molecule has 0 spiro atoms. The van der Waals surface area contributed by atoms with Crippen LogP contribution < -0.4 is 10.1 Å². The minimum Gasteiger partial charge on any atom is -0.495 e. The number of methoxy groups -OCH3 is 1. The summed E-state index contributed by atoms with van der Waals surface area (Å²) < 4.78 is 10.9. The topological polar surface area (TPSA) is 51.5 Å². The molecule has 0 atom stereocenters. The van der Waals surface area contributed by atoms with Crippen molar-refractivity contribution in [3.05, 3.63) is 58.8 Å². The lowest BCUT2D eigenvalue weighted by Gasteiger charge is -2.06. The maximum absolute atomic E-state index is 12.8. The Morgan fingerprint density at radius 3 is 2.74 bits per heavy atom. The van der Waals surface area contributed by atoms with Gasteiger partial charge in [-0.3, -0.25) is 4.79 Å². The zero-order chi connectivity index (χ0) is 16.4. The van der Waals surface area contributed by atoms with Crippen LogP contribution in [-0.4, -0.2) is 19.4 Å². The van der Waals surface area contributed by atoms with Crippen LogP contribution in [0.1, 0.15) is 23.0 Å². The third-order valence-electron chi connectivity index (χ3n) is 3.57. The smallest absolute Gasteiger partial charge is 0.230 e. The van der Waals surface area contributed by atoms with Gasteiger partial charge in [0, 0.05) is 17.5 Å². The summed E-state index contributed by atoms with van der Waals surface area (Å²) in [5, 5.41) is 4.49. The van der Waals surface area contributed by atoms with Crippen LogP contribution in [0, 0.1) is 0 Å². The molecule has 0 saturated heterocycles. The number of nitrogens with one attached hydrogen (secondary N) is 1. The van der Waals surface area contributed by atoms with E-state index in [9.17, 15) is 4.79 Å². The van der Waals surface area contributed by atoms with Gasteiger partial charge in [0.15, 0.2) is 5.76 Å². The highest BCUT2D eigenvalue weighted by Gasteiger charge is 2.22. The van der Waals surface area contributed by atoms with Crippen molar-refractivity contribution in [2.45, 2.75) is 6.92 Å². The van der Waals surface area contributed by atoms with E-state index in [1.165, 1.54) is 7.11 Å². The fourth-order valence-corrected chi connectivity index (χ4v) is 2.75. The quantitative estimate of drug-likeness (QED) is 0.686. The molecule has 1 aromatic heterocycles. The summed E-state index contributed by atoms with van der Waals surface area (Å²) in [6.07, 6.45) is 0. The molecular formula is C18H16ClNO3. The van der Waals surface area contributed by atoms with Crippen molar-refractivity contribution in [3.8, 4) is 5.75 Å². The van der Waals surface area contributed by atoms with Gasteiger partial charge >= 0.3 is 0 Å². The van der Waals surface area contributed by atoms with Gasteiger partial charge in [0.2, 0.25) is 5.78 Å². The van der Waals surface area contributed by atoms with E-state index in [2.05, 4.69) is 5.32 Å². The average Bonchev–Trinajstić information content (AvgIpc) is 2.93. The molecule has 2 aromatic carbocycles. The molecule has 118 valence electrons. The number of fused-ring (bicyclic) bond motifs is 1. The normalized spacial score (nSPS) is 10.7. The standard InChI is InChI=1S/C18H16ClNO3/c1-3-20-16-12-6-4-5-7-14(12)23-18(16)17(21)11-8-9-15(22-2)13(19)10-11/h4-10,20H,3H2,1-2H3. The van der Waals surface area contributed by atoms with Gasteiger partial charge in [-0.25, -0.2) is 0 Å². The third-order valence-corrected chi connectivity index (χ3v) is 3.86. The van der Waals surface area contributed by atoms with E-state index in [1.807, 2.05) is 31.2 Å². The summed E-state index contributed by atoms with van der Waals surface area (Å²) in [4.78, 5) is 12.8. The number of carbonyl (C=O) groups excluding carboxylic acids is 1. The molecule has 23 heavy (non-hydrogen) atoms. The van der Waals surface area contributed by atoms with E-state index in [4.69, 9.17) is 20.8 Å². The molecule has 0 fully saturated rings. The molecule has 1 heterocycles. The Labute approximate surface area is 139 Å². The van der Waals surface area contributed by atoms with Crippen LogP contribution in [0.3, 0.4) is 0 Å². The van der Waals surface area contributed by atoms with Gasteiger partial charge in [0.25, 0.3) is 0 Å². The van der Waals surface area contributed by atoms with Gasteiger partial charge in [0.1, 0.15) is 11.3 Å². The summed E-state index contributed by atoms with van der Waals surface area (Å²) in [6.45, 7) is 2.66. The van der Waals surface area contributed by atoms with Crippen LogP contribution in [-0.2, 0) is 0 Å². The molecule has 0 unspecified atom stereocenters. The first-order valence-electron chi connectivity index (χ1n) is 7.29. The summed E-state index contributed by atoms with van der Waals surface area (Å²) in [5.74, 6) is 0.593. The predicted octanol–water partition coefficient (Wildman–Crippen LogP) is 4.76. The highest BCUT2D eigenvalue weighted by Crippen LogP contribution is 2.33. The average molecular weight is 330 g/mol. The highest BCUT2D eigenvalue weighted by atomic mass is 35.5. The zero-order valence-electron chi connectivity index (χ0n) is 12.9. The van der Waals surface area contributed by atoms with Crippen molar-refractivity contribution in [2.75, 3.05) is 19.0 Å². The summed E-state index contributed by atoms with van der Waals surface area (Å²) in [5.41, 5.74) is 1.83. The Morgan fingerprint density at radius 2 is 2.04 bits per heavy atom. The Morgan fingerprint density at radius 1 is 1.26 bits per heavy atom. The number of ether oxygens (including phenoxy) is 1. The molecule has 0 bridgehead atoms. The number of rotatable bonds is 5. The lowest BCUT2D eigenvalue weighted by molar-refractivity contribution is 0.101. The van der Waals surface area contributed by atoms with E-state index in [0.717, 1.165) is 5.39 Å². The highest BCUT2D eigenvalue weighted by molar-refractivity contribution is 6.32. The number of halogens is 1. The molecule has 5 heteroatoms. The van der Waals surface area contributed by atoms with Crippen LogP contribution >= 0.6 is 11.6 Å². The van der Waals surface area contributed by atoms with Gasteiger partial charge in [-0.2, -0.15) is 0 Å². The van der Waals surface area contributed by atoms with E-state index >= 15 is 0 Å². The fraction of sp³-hybridized carbons (Fsp3) is 0.167. The van der Waals surface area contributed by atoms with E-state index in [-0.39, 0.29) is 11.5 Å². The second-order valence-corrected chi connectivity index (χ2v) is 5.42. The van der Waals surface area contributed by atoms with Crippen LogP contribution in [0.5, 0.6) is 5.75 Å². The molecule has 3 rings (SSSR count). The molecule has 0 aliphatic carbocycles. The number of carbonyl (C=O) groups is 1. The maximum atomic E-state index is 12.8. The number of hydrogen-bond donors (Lipinski definition) is 1. The SMILES string of the molecule is CCNc1c(C(=O)c2ccc(OC)c(Cl)c2)oc2ccccc12. The maximum Gasteiger partial charge on any atom is 0.230 e. The Kier molecular flexibility index (Phi) is 4.26. The van der Waals surface area contributed by atoms with Gasteiger partial charge < -0.3 is 14.5 Å². The first kappa shape index (κ1) is 15.4. The summed E-state index contributed by atoms with van der Waals surface area (Å²) in [7, 11) is 1.53. The second kappa shape index (κ2) is 6.34. The number of hydrogen-bond acceptors (Lipinski definition) is 4. The van der Waals surface area contributed by atoms with Gasteiger partial charge in [-0.15, -0.1) is 0 Å². The van der Waals surface area contributed by atoms with Crippen molar-refractivity contribution in [1.82, 2.24) is 0 Å². The van der Waals surface area contributed by atoms with Crippen LogP contribution in [0.25, 0.3) is 11.0 Å². The van der Waals surface area contributed by atoms with Gasteiger partial charge in [-0.1, -0.05) is 23.7 Å². The van der Waals surface area contributed by atoms with E-state index in [1.54, 1.807) is 18.2 Å². The van der Waals surface area contributed by atoms with Crippen molar-refractivity contribution < 1.29 is 13.9 Å². The predicted molar refractivity (Wildman–Crippen MR) is 91.8 cm³/mol.